The van der Waals surface area contributed by atoms with Crippen molar-refractivity contribution in [2.45, 2.75) is 20.3 Å². The van der Waals surface area contributed by atoms with Crippen molar-refractivity contribution in [2.24, 2.45) is 11.8 Å². The van der Waals surface area contributed by atoms with E-state index in [4.69, 9.17) is 5.10 Å². The van der Waals surface area contributed by atoms with Crippen LogP contribution >= 0.6 is 11.3 Å². The van der Waals surface area contributed by atoms with Crippen molar-refractivity contribution in [1.29, 1.82) is 0 Å². The highest BCUT2D eigenvalue weighted by atomic mass is 32.1. The van der Waals surface area contributed by atoms with Gasteiger partial charge in [-0.25, -0.2) is 0 Å². The third kappa shape index (κ3) is 4.29. The van der Waals surface area contributed by atoms with Gasteiger partial charge in [-0.05, 0) is 41.8 Å². The van der Waals surface area contributed by atoms with Crippen LogP contribution in [0.25, 0.3) is 17.0 Å². The molecule has 8 nitrogen and oxygen atoms in total. The number of anilines is 1. The summed E-state index contributed by atoms with van der Waals surface area (Å²) in [5, 5.41) is 17.5. The van der Waals surface area contributed by atoms with Gasteiger partial charge >= 0.3 is 0 Å². The van der Waals surface area contributed by atoms with E-state index in [-0.39, 0.29) is 5.91 Å². The molecular formula is C22H29N7OS. The summed E-state index contributed by atoms with van der Waals surface area (Å²) in [6, 6.07) is 6.02. The summed E-state index contributed by atoms with van der Waals surface area (Å²) >= 11 is 1.64. The first-order chi connectivity index (χ1) is 15.1. The first-order valence-electron chi connectivity index (χ1n) is 11.1. The van der Waals surface area contributed by atoms with Crippen LogP contribution in [0.15, 0.2) is 29.0 Å². The lowest BCUT2D eigenvalue weighted by Gasteiger charge is -2.38. The first-order valence-corrected chi connectivity index (χ1v) is 12.0. The monoisotopic (exact) mass is 439 g/mol. The molecule has 0 aliphatic carbocycles. The van der Waals surface area contributed by atoms with Crippen LogP contribution < -0.4 is 4.90 Å². The highest BCUT2D eigenvalue weighted by Crippen LogP contribution is 2.23. The molecule has 0 N–H and O–H groups in total. The van der Waals surface area contributed by atoms with Crippen LogP contribution in [-0.4, -0.2) is 81.3 Å². The van der Waals surface area contributed by atoms with E-state index in [9.17, 15) is 4.79 Å². The van der Waals surface area contributed by atoms with Crippen molar-refractivity contribution >= 4 is 28.7 Å². The summed E-state index contributed by atoms with van der Waals surface area (Å²) < 4.78 is 1.83. The van der Waals surface area contributed by atoms with Gasteiger partial charge in [0, 0.05) is 50.2 Å². The summed E-state index contributed by atoms with van der Waals surface area (Å²) in [5.74, 6) is 3.17. The largest absolute Gasteiger partial charge is 0.353 e. The average molecular weight is 440 g/mol. The Morgan fingerprint density at radius 2 is 1.84 bits per heavy atom. The van der Waals surface area contributed by atoms with E-state index >= 15 is 0 Å². The Labute approximate surface area is 186 Å². The van der Waals surface area contributed by atoms with E-state index in [1.807, 2.05) is 28.1 Å². The van der Waals surface area contributed by atoms with Crippen LogP contribution in [0.1, 0.15) is 20.3 Å². The molecule has 2 atom stereocenters. The smallest absolute Gasteiger partial charge is 0.236 e. The molecule has 0 radical (unpaired) electrons. The molecule has 31 heavy (non-hydrogen) atoms. The molecule has 0 bridgehead atoms. The van der Waals surface area contributed by atoms with Crippen LogP contribution in [0.5, 0.6) is 0 Å². The van der Waals surface area contributed by atoms with Gasteiger partial charge in [-0.2, -0.15) is 15.9 Å². The quantitative estimate of drug-likeness (QED) is 0.622. The first kappa shape index (κ1) is 20.4. The predicted molar refractivity (Wildman–Crippen MR) is 122 cm³/mol. The molecule has 0 spiro atoms. The number of fused-ring (bicyclic) bond motifs is 1. The number of carbonyl (C=O) groups excluding carboxylic acids is 1. The number of likely N-dealkylation sites (tertiary alicyclic amines) is 1. The third-order valence-electron chi connectivity index (χ3n) is 6.30. The average Bonchev–Trinajstić information content (AvgIpc) is 3.42. The van der Waals surface area contributed by atoms with Gasteiger partial charge in [-0.3, -0.25) is 9.69 Å². The van der Waals surface area contributed by atoms with E-state index < -0.39 is 0 Å². The van der Waals surface area contributed by atoms with E-state index in [1.54, 1.807) is 11.3 Å². The van der Waals surface area contributed by atoms with Gasteiger partial charge in [0.2, 0.25) is 5.91 Å². The van der Waals surface area contributed by atoms with E-state index in [0.29, 0.717) is 18.4 Å². The van der Waals surface area contributed by atoms with Gasteiger partial charge < -0.3 is 9.80 Å². The van der Waals surface area contributed by atoms with E-state index in [0.717, 1.165) is 62.1 Å². The maximum atomic E-state index is 12.8. The summed E-state index contributed by atoms with van der Waals surface area (Å²) in [4.78, 5) is 19.4. The Morgan fingerprint density at radius 3 is 2.55 bits per heavy atom. The number of piperazine rings is 1. The molecule has 2 unspecified atom stereocenters. The molecule has 0 aromatic carbocycles. The Kier molecular flexibility index (Phi) is 5.62. The molecular weight excluding hydrogens is 410 g/mol. The number of thiophene rings is 1. The molecule has 0 saturated carbocycles. The third-order valence-corrected chi connectivity index (χ3v) is 6.99. The fourth-order valence-corrected chi connectivity index (χ4v) is 5.45. The van der Waals surface area contributed by atoms with Gasteiger partial charge in [0.1, 0.15) is 5.82 Å². The molecule has 2 aliphatic rings. The number of carbonyl (C=O) groups is 1. The number of nitrogens with zero attached hydrogens (tertiary/aromatic N) is 7. The second kappa shape index (κ2) is 8.55. The SMILES string of the molecule is CC1CC(C)CN(C(=O)CN2CCN(c3ccc4nnc(-c5ccsc5)n4n3)CC2)C1. The van der Waals surface area contributed by atoms with Crippen LogP contribution in [0.3, 0.4) is 0 Å². The maximum Gasteiger partial charge on any atom is 0.236 e. The Bertz CT molecular complexity index is 1030. The zero-order valence-electron chi connectivity index (χ0n) is 18.1. The minimum atomic E-state index is 0.274. The van der Waals surface area contributed by atoms with Gasteiger partial charge in [-0.1, -0.05) is 13.8 Å². The number of piperidine rings is 1. The summed E-state index contributed by atoms with van der Waals surface area (Å²) in [6.45, 7) is 10.3. The Morgan fingerprint density at radius 1 is 1.06 bits per heavy atom. The van der Waals surface area contributed by atoms with Crippen LogP contribution in [0, 0.1) is 11.8 Å². The number of amides is 1. The van der Waals surface area contributed by atoms with Gasteiger partial charge in [0.05, 0.1) is 6.54 Å². The number of aromatic nitrogens is 4. The lowest BCUT2D eigenvalue weighted by Crippen LogP contribution is -2.52. The normalized spacial score (nSPS) is 22.9. The predicted octanol–water partition coefficient (Wildman–Crippen LogP) is 2.48. The molecule has 2 aliphatic heterocycles. The van der Waals surface area contributed by atoms with Crippen molar-refractivity contribution in [3.63, 3.8) is 0 Å². The standard InChI is InChI=1S/C22H29N7OS/c1-16-11-17(2)13-28(12-16)21(30)14-26-6-8-27(9-7-26)20-4-3-19-23-24-22(29(19)25-20)18-5-10-31-15-18/h3-5,10,15-17H,6-9,11-14H2,1-2H3. The van der Waals surface area contributed by atoms with Crippen molar-refractivity contribution < 1.29 is 4.79 Å². The molecule has 164 valence electrons. The minimum Gasteiger partial charge on any atom is -0.353 e. The number of rotatable bonds is 4. The van der Waals surface area contributed by atoms with Gasteiger partial charge in [0.15, 0.2) is 11.5 Å². The zero-order chi connectivity index (χ0) is 21.4. The van der Waals surface area contributed by atoms with E-state index in [2.05, 4.69) is 44.1 Å². The molecule has 1 amide bonds. The van der Waals surface area contributed by atoms with Crippen LogP contribution in [0.4, 0.5) is 5.82 Å². The topological polar surface area (TPSA) is 69.9 Å². The Hall–Kier alpha value is -2.52. The summed E-state index contributed by atoms with van der Waals surface area (Å²) in [6.07, 6.45) is 1.22. The molecule has 3 aromatic rings. The lowest BCUT2D eigenvalue weighted by molar-refractivity contribution is -0.135. The summed E-state index contributed by atoms with van der Waals surface area (Å²) in [5.41, 5.74) is 1.78. The molecule has 5 rings (SSSR count). The fraction of sp³-hybridized carbons (Fsp3) is 0.545. The second-order valence-corrected chi connectivity index (χ2v) is 9.79. The molecule has 5 heterocycles. The van der Waals surface area contributed by atoms with Gasteiger partial charge in [0.25, 0.3) is 0 Å². The van der Waals surface area contributed by atoms with Crippen molar-refractivity contribution in [2.75, 3.05) is 50.7 Å². The van der Waals surface area contributed by atoms with Crippen molar-refractivity contribution in [1.82, 2.24) is 29.6 Å². The Balaban J connectivity index is 1.22. The number of hydrogen-bond acceptors (Lipinski definition) is 7. The molecule has 2 fully saturated rings. The highest BCUT2D eigenvalue weighted by Gasteiger charge is 2.28. The zero-order valence-corrected chi connectivity index (χ0v) is 19.0. The minimum absolute atomic E-state index is 0.274. The van der Waals surface area contributed by atoms with Crippen LogP contribution in [-0.2, 0) is 4.79 Å². The maximum absolute atomic E-state index is 12.8. The summed E-state index contributed by atoms with van der Waals surface area (Å²) in [7, 11) is 0. The van der Waals surface area contributed by atoms with E-state index in [1.165, 1.54) is 6.42 Å². The van der Waals surface area contributed by atoms with Gasteiger partial charge in [-0.15, -0.1) is 15.3 Å². The van der Waals surface area contributed by atoms with Crippen molar-refractivity contribution in [3.05, 3.63) is 29.0 Å². The molecule has 2 saturated heterocycles. The van der Waals surface area contributed by atoms with Crippen LogP contribution in [0.2, 0.25) is 0 Å². The second-order valence-electron chi connectivity index (χ2n) is 9.01. The molecule has 3 aromatic heterocycles. The lowest BCUT2D eigenvalue weighted by atomic mass is 9.92. The fourth-order valence-electron chi connectivity index (χ4n) is 4.81. The van der Waals surface area contributed by atoms with Crippen molar-refractivity contribution in [3.8, 4) is 11.4 Å². The highest BCUT2D eigenvalue weighted by molar-refractivity contribution is 7.08. The molecule has 9 heteroatoms. The number of hydrogen-bond donors (Lipinski definition) is 0.